The van der Waals surface area contributed by atoms with Crippen LogP contribution in [-0.2, 0) is 10.0 Å². The number of H-pyrrole nitrogens is 1. The Morgan fingerprint density at radius 3 is 2.78 bits per heavy atom. The second-order valence-electron chi connectivity index (χ2n) is 6.54. The molecular formula is C16H20ClN3O2S. The summed E-state index contributed by atoms with van der Waals surface area (Å²) in [5, 5.41) is 0.928. The van der Waals surface area contributed by atoms with Gasteiger partial charge in [-0.2, -0.15) is 4.31 Å². The van der Waals surface area contributed by atoms with Crippen molar-refractivity contribution in [1.82, 2.24) is 14.3 Å². The molecule has 7 heteroatoms. The van der Waals surface area contributed by atoms with E-state index in [1.54, 1.807) is 16.6 Å². The van der Waals surface area contributed by atoms with E-state index in [2.05, 4.69) is 9.97 Å². The number of aromatic nitrogens is 2. The molecule has 0 spiro atoms. The fourth-order valence-corrected chi connectivity index (χ4v) is 6.43. The maximum Gasteiger partial charge on any atom is 0.245 e. The Morgan fingerprint density at radius 2 is 2.00 bits per heavy atom. The molecule has 3 heterocycles. The van der Waals surface area contributed by atoms with Gasteiger partial charge in [-0.25, -0.2) is 13.4 Å². The second kappa shape index (κ2) is 5.76. The summed E-state index contributed by atoms with van der Waals surface area (Å²) in [6.45, 7) is 0.605. The summed E-state index contributed by atoms with van der Waals surface area (Å²) in [7, 11) is -3.55. The lowest BCUT2D eigenvalue weighted by atomic mass is 9.97. The van der Waals surface area contributed by atoms with Gasteiger partial charge in [0.15, 0.2) is 0 Å². The van der Waals surface area contributed by atoms with Gasteiger partial charge in [-0.3, -0.25) is 0 Å². The number of hydrogen-bond donors (Lipinski definition) is 1. The van der Waals surface area contributed by atoms with Gasteiger partial charge in [0.05, 0.1) is 10.4 Å². The van der Waals surface area contributed by atoms with Gasteiger partial charge in [-0.15, -0.1) is 0 Å². The largest absolute Gasteiger partial charge is 0.345 e. The van der Waals surface area contributed by atoms with Crippen LogP contribution in [0.2, 0.25) is 5.02 Å². The first-order chi connectivity index (χ1) is 11.1. The van der Waals surface area contributed by atoms with Gasteiger partial charge >= 0.3 is 0 Å². The molecule has 2 aromatic heterocycles. The highest BCUT2D eigenvalue weighted by molar-refractivity contribution is 7.89. The molecular weight excluding hydrogens is 334 g/mol. The molecule has 1 N–H and O–H groups in total. The standard InChI is InChI=1S/C16H20ClN3O2S/c17-12-7-8-18-16-15(12)14(10-19-16)23(21,22)20-9-3-6-13(20)11-4-1-2-5-11/h7-8,10-11,13H,1-6,9H2,(H,18,19). The summed E-state index contributed by atoms with van der Waals surface area (Å²) < 4.78 is 28.2. The molecule has 2 aromatic rings. The first-order valence-corrected chi connectivity index (χ1v) is 10.0. The van der Waals surface area contributed by atoms with Crippen LogP contribution >= 0.6 is 11.6 Å². The second-order valence-corrected chi connectivity index (χ2v) is 8.81. The van der Waals surface area contributed by atoms with Crippen molar-refractivity contribution in [3.8, 4) is 0 Å². The van der Waals surface area contributed by atoms with Gasteiger partial charge in [0.2, 0.25) is 10.0 Å². The first-order valence-electron chi connectivity index (χ1n) is 8.22. The minimum Gasteiger partial charge on any atom is -0.345 e. The highest BCUT2D eigenvalue weighted by atomic mass is 35.5. The summed E-state index contributed by atoms with van der Waals surface area (Å²) in [6, 6.07) is 1.78. The summed E-state index contributed by atoms with van der Waals surface area (Å²) in [4.78, 5) is 7.38. The Balaban J connectivity index is 1.76. The van der Waals surface area contributed by atoms with Gasteiger partial charge in [0.1, 0.15) is 10.5 Å². The molecule has 2 fully saturated rings. The summed E-state index contributed by atoms with van der Waals surface area (Å²) in [5.41, 5.74) is 0.521. The maximum atomic E-state index is 13.2. The van der Waals surface area contributed by atoms with Crippen molar-refractivity contribution in [3.63, 3.8) is 0 Å². The fraction of sp³-hybridized carbons (Fsp3) is 0.562. The minimum absolute atomic E-state index is 0.142. The molecule has 1 saturated carbocycles. The molecule has 1 unspecified atom stereocenters. The van der Waals surface area contributed by atoms with Crippen LogP contribution in [0.3, 0.4) is 0 Å². The van der Waals surface area contributed by atoms with Crippen molar-refractivity contribution in [2.45, 2.75) is 49.5 Å². The van der Waals surface area contributed by atoms with E-state index < -0.39 is 10.0 Å². The lowest BCUT2D eigenvalue weighted by Crippen LogP contribution is -2.39. The average molecular weight is 354 g/mol. The van der Waals surface area contributed by atoms with E-state index in [1.165, 1.54) is 19.0 Å². The Bertz CT molecular complexity index is 827. The number of pyridine rings is 1. The smallest absolute Gasteiger partial charge is 0.245 e. The number of sulfonamides is 1. The van der Waals surface area contributed by atoms with Crippen LogP contribution in [0.1, 0.15) is 38.5 Å². The minimum atomic E-state index is -3.55. The molecule has 0 amide bonds. The third kappa shape index (κ3) is 2.47. The quantitative estimate of drug-likeness (QED) is 0.917. The maximum absolute atomic E-state index is 13.2. The van der Waals surface area contributed by atoms with Gasteiger partial charge in [-0.1, -0.05) is 24.4 Å². The number of nitrogens with zero attached hydrogens (tertiary/aromatic N) is 2. The molecule has 23 heavy (non-hydrogen) atoms. The van der Waals surface area contributed by atoms with E-state index in [9.17, 15) is 8.42 Å². The fourth-order valence-electron chi connectivity index (χ4n) is 4.20. The van der Waals surface area contributed by atoms with E-state index in [4.69, 9.17) is 11.6 Å². The lowest BCUT2D eigenvalue weighted by Gasteiger charge is -2.28. The molecule has 2 aliphatic rings. The number of halogens is 1. The highest BCUT2D eigenvalue weighted by Crippen LogP contribution is 2.39. The van der Waals surface area contributed by atoms with E-state index in [-0.39, 0.29) is 10.9 Å². The van der Waals surface area contributed by atoms with Crippen LogP contribution in [0.5, 0.6) is 0 Å². The summed E-state index contributed by atoms with van der Waals surface area (Å²) in [6.07, 6.45) is 9.75. The van der Waals surface area contributed by atoms with Crippen LogP contribution in [0.25, 0.3) is 11.0 Å². The SMILES string of the molecule is O=S(=O)(c1c[nH]c2nccc(Cl)c12)N1CCCC1C1CCCC1. The van der Waals surface area contributed by atoms with Crippen molar-refractivity contribution in [3.05, 3.63) is 23.5 Å². The number of aromatic amines is 1. The molecule has 0 radical (unpaired) electrons. The van der Waals surface area contributed by atoms with E-state index in [1.807, 2.05) is 0 Å². The number of rotatable bonds is 3. The van der Waals surface area contributed by atoms with Gasteiger partial charge in [-0.05, 0) is 37.7 Å². The first kappa shape index (κ1) is 15.4. The third-order valence-corrected chi connectivity index (χ3v) is 7.53. The van der Waals surface area contributed by atoms with Crippen molar-refractivity contribution in [2.75, 3.05) is 6.54 Å². The van der Waals surface area contributed by atoms with Crippen molar-refractivity contribution in [1.29, 1.82) is 0 Å². The molecule has 0 bridgehead atoms. The molecule has 0 aromatic carbocycles. The third-order valence-electron chi connectivity index (χ3n) is 5.27. The molecule has 1 aliphatic heterocycles. The molecule has 1 aliphatic carbocycles. The zero-order chi connectivity index (χ0) is 16.0. The lowest BCUT2D eigenvalue weighted by molar-refractivity contribution is 0.288. The monoisotopic (exact) mass is 353 g/mol. The van der Waals surface area contributed by atoms with Crippen LogP contribution in [0.15, 0.2) is 23.4 Å². The van der Waals surface area contributed by atoms with E-state index in [0.717, 1.165) is 25.7 Å². The Kier molecular flexibility index (Phi) is 3.86. The number of hydrogen-bond acceptors (Lipinski definition) is 3. The number of fused-ring (bicyclic) bond motifs is 1. The molecule has 1 atom stereocenters. The molecule has 1 saturated heterocycles. The predicted molar refractivity (Wildman–Crippen MR) is 90.0 cm³/mol. The Morgan fingerprint density at radius 1 is 1.22 bits per heavy atom. The highest BCUT2D eigenvalue weighted by Gasteiger charge is 2.41. The van der Waals surface area contributed by atoms with Crippen LogP contribution < -0.4 is 0 Å². The Labute approximate surface area is 141 Å². The zero-order valence-corrected chi connectivity index (χ0v) is 14.4. The zero-order valence-electron chi connectivity index (χ0n) is 12.8. The molecule has 124 valence electrons. The Hall–Kier alpha value is -1.11. The predicted octanol–water partition coefficient (Wildman–Crippen LogP) is 3.56. The van der Waals surface area contributed by atoms with E-state index >= 15 is 0 Å². The van der Waals surface area contributed by atoms with Gasteiger partial charge in [0.25, 0.3) is 0 Å². The summed E-state index contributed by atoms with van der Waals surface area (Å²) >= 11 is 6.24. The van der Waals surface area contributed by atoms with Crippen LogP contribution in [-0.4, -0.2) is 35.3 Å². The average Bonchev–Trinajstić information content (AvgIpc) is 3.26. The molecule has 4 rings (SSSR count). The van der Waals surface area contributed by atoms with E-state index in [0.29, 0.717) is 28.5 Å². The molecule has 5 nitrogen and oxygen atoms in total. The van der Waals surface area contributed by atoms with Gasteiger partial charge < -0.3 is 4.98 Å². The van der Waals surface area contributed by atoms with Crippen LogP contribution in [0.4, 0.5) is 0 Å². The van der Waals surface area contributed by atoms with Gasteiger partial charge in [0, 0.05) is 25.0 Å². The number of nitrogens with one attached hydrogen (secondary N) is 1. The van der Waals surface area contributed by atoms with Crippen molar-refractivity contribution >= 4 is 32.7 Å². The topological polar surface area (TPSA) is 66.1 Å². The van der Waals surface area contributed by atoms with Crippen LogP contribution in [0, 0.1) is 5.92 Å². The normalized spacial score (nSPS) is 24.0. The summed E-state index contributed by atoms with van der Waals surface area (Å²) in [5.74, 6) is 0.506. The van der Waals surface area contributed by atoms with Crippen molar-refractivity contribution < 1.29 is 8.42 Å². The van der Waals surface area contributed by atoms with Crippen molar-refractivity contribution in [2.24, 2.45) is 5.92 Å².